The van der Waals surface area contributed by atoms with Gasteiger partial charge in [0.15, 0.2) is 0 Å². The number of rotatable bonds is 4. The van der Waals surface area contributed by atoms with Gasteiger partial charge in [-0.3, -0.25) is 15.5 Å². The molecule has 0 aromatic heterocycles. The van der Waals surface area contributed by atoms with E-state index in [1.807, 2.05) is 0 Å². The van der Waals surface area contributed by atoms with E-state index in [0.717, 1.165) is 0 Å². The van der Waals surface area contributed by atoms with Gasteiger partial charge in [-0.2, -0.15) is 28.8 Å². The minimum atomic E-state index is -5.01. The second-order valence-corrected chi connectivity index (χ2v) is 3.77. The number of benzene rings is 1. The number of hydrazone groups is 1. The number of hydrogen-bond acceptors (Lipinski definition) is 7. The molecule has 9 nitrogen and oxygen atoms in total. The van der Waals surface area contributed by atoms with Crippen LogP contribution in [0.4, 0.5) is 24.5 Å². The number of nitrogens with one attached hydrogen (secondary N) is 1. The molecule has 0 radical (unpaired) electrons. The summed E-state index contributed by atoms with van der Waals surface area (Å²) >= 11 is 0. The minimum absolute atomic E-state index is 0.114. The van der Waals surface area contributed by atoms with Gasteiger partial charge in [-0.1, -0.05) is 0 Å². The van der Waals surface area contributed by atoms with Crippen LogP contribution in [0.5, 0.6) is 0 Å². The van der Waals surface area contributed by atoms with Crippen molar-refractivity contribution in [3.05, 3.63) is 33.4 Å². The molecule has 12 heteroatoms. The van der Waals surface area contributed by atoms with E-state index in [-0.39, 0.29) is 12.1 Å². The highest BCUT2D eigenvalue weighted by molar-refractivity contribution is 6.10. The Balaban J connectivity index is 3.64. The molecule has 1 aromatic carbocycles. The molecule has 23 heavy (non-hydrogen) atoms. The topological polar surface area (TPSA) is 152 Å². The van der Waals surface area contributed by atoms with Gasteiger partial charge in [-0.05, 0) is 6.07 Å². The van der Waals surface area contributed by atoms with E-state index in [2.05, 4.69) is 5.10 Å². The quantitative estimate of drug-likeness (QED) is 0.488. The summed E-state index contributed by atoms with van der Waals surface area (Å²) in [7, 11) is 0. The van der Waals surface area contributed by atoms with Gasteiger partial charge in [0.1, 0.15) is 17.8 Å². The monoisotopic (exact) mass is 327 g/mol. The maximum absolute atomic E-state index is 12.7. The fraction of sp³-hybridized carbons (Fsp3) is 0.0909. The first-order chi connectivity index (χ1) is 10.6. The molecule has 0 bridgehead atoms. The van der Waals surface area contributed by atoms with Crippen LogP contribution in [0, 0.1) is 32.8 Å². The molecule has 0 heterocycles. The van der Waals surface area contributed by atoms with Crippen LogP contribution in [-0.4, -0.2) is 21.7 Å². The van der Waals surface area contributed by atoms with Crippen LogP contribution in [0.2, 0.25) is 0 Å². The standard InChI is InChI=1S/C11H4F3N5O4/c12-11(13,14)5-1-7(10(20)21)9(8(2-5)19(22)23)18-17-6(3-15)4-16/h1-2,18H,(H,20,21). The summed E-state index contributed by atoms with van der Waals surface area (Å²) in [4.78, 5) is 20.7. The van der Waals surface area contributed by atoms with Gasteiger partial charge in [0, 0.05) is 6.07 Å². The predicted octanol–water partition coefficient (Wildman–Crippen LogP) is 2.13. The lowest BCUT2D eigenvalue weighted by Gasteiger charge is -2.11. The predicted molar refractivity (Wildman–Crippen MR) is 67.3 cm³/mol. The normalized spacial score (nSPS) is 10.1. The Morgan fingerprint density at radius 1 is 1.35 bits per heavy atom. The maximum atomic E-state index is 12.7. The first-order valence-electron chi connectivity index (χ1n) is 5.38. The van der Waals surface area contributed by atoms with Gasteiger partial charge in [-0.15, -0.1) is 0 Å². The molecule has 2 N–H and O–H groups in total. The first-order valence-corrected chi connectivity index (χ1v) is 5.38. The summed E-state index contributed by atoms with van der Waals surface area (Å²) in [6.07, 6.45) is -5.01. The van der Waals surface area contributed by atoms with E-state index in [1.165, 1.54) is 12.1 Å². The number of anilines is 1. The molecule has 0 aliphatic heterocycles. The lowest BCUT2D eigenvalue weighted by molar-refractivity contribution is -0.384. The minimum Gasteiger partial charge on any atom is -0.478 e. The second kappa shape index (κ2) is 6.40. The summed E-state index contributed by atoms with van der Waals surface area (Å²) in [6, 6.07) is 2.85. The van der Waals surface area contributed by atoms with Crippen LogP contribution < -0.4 is 5.43 Å². The Labute approximate surface area is 125 Å². The molecule has 0 saturated carbocycles. The van der Waals surface area contributed by atoms with Crippen molar-refractivity contribution in [2.24, 2.45) is 5.10 Å². The molecule has 0 atom stereocenters. The smallest absolute Gasteiger partial charge is 0.416 e. The van der Waals surface area contributed by atoms with E-state index in [4.69, 9.17) is 15.6 Å². The summed E-state index contributed by atoms with van der Waals surface area (Å²) in [5.74, 6) is -1.90. The van der Waals surface area contributed by atoms with E-state index in [9.17, 15) is 28.1 Å². The molecule has 0 aliphatic carbocycles. The Kier molecular flexibility index (Phi) is 4.84. The molecule has 0 spiro atoms. The SMILES string of the molecule is N#CC(C#N)=NNc1c(C(=O)O)cc(C(F)(F)F)cc1[N+](=O)[O-]. The fourth-order valence-corrected chi connectivity index (χ4v) is 1.41. The van der Waals surface area contributed by atoms with E-state index < -0.39 is 45.3 Å². The number of carbonyl (C=O) groups is 1. The molecule has 118 valence electrons. The number of alkyl halides is 3. The molecular formula is C11H4F3N5O4. The van der Waals surface area contributed by atoms with Crippen LogP contribution in [-0.2, 0) is 6.18 Å². The Hall–Kier alpha value is -3.67. The van der Waals surface area contributed by atoms with Crippen molar-refractivity contribution in [3.8, 4) is 12.1 Å². The summed E-state index contributed by atoms with van der Waals surface area (Å²) in [5, 5.41) is 39.9. The third kappa shape index (κ3) is 3.92. The third-order valence-electron chi connectivity index (χ3n) is 2.36. The zero-order valence-electron chi connectivity index (χ0n) is 10.7. The number of aromatic carboxylic acids is 1. The third-order valence-corrected chi connectivity index (χ3v) is 2.36. The number of nitro benzene ring substituents is 1. The summed E-state index contributed by atoms with van der Waals surface area (Å²) in [6.45, 7) is 0. The average Bonchev–Trinajstić information content (AvgIpc) is 2.46. The lowest BCUT2D eigenvalue weighted by Crippen LogP contribution is -2.12. The van der Waals surface area contributed by atoms with Gasteiger partial charge in [0.05, 0.1) is 16.1 Å². The maximum Gasteiger partial charge on any atom is 0.416 e. The van der Waals surface area contributed by atoms with E-state index >= 15 is 0 Å². The Morgan fingerprint density at radius 2 is 1.91 bits per heavy atom. The summed E-state index contributed by atoms with van der Waals surface area (Å²) < 4.78 is 38.0. The molecule has 0 saturated heterocycles. The van der Waals surface area contributed by atoms with Crippen molar-refractivity contribution in [3.63, 3.8) is 0 Å². The molecule has 1 rings (SSSR count). The molecule has 0 unspecified atom stereocenters. The lowest BCUT2D eigenvalue weighted by atomic mass is 10.1. The molecule has 0 amide bonds. The van der Waals surface area contributed by atoms with Crippen LogP contribution >= 0.6 is 0 Å². The van der Waals surface area contributed by atoms with Crippen LogP contribution in [0.25, 0.3) is 0 Å². The number of nitriles is 2. The number of halogens is 3. The highest BCUT2D eigenvalue weighted by Crippen LogP contribution is 2.37. The van der Waals surface area contributed by atoms with Crippen molar-refractivity contribution in [2.75, 3.05) is 5.43 Å². The first kappa shape index (κ1) is 17.4. The highest BCUT2D eigenvalue weighted by atomic mass is 19.4. The van der Waals surface area contributed by atoms with Crippen LogP contribution in [0.1, 0.15) is 15.9 Å². The molecule has 1 aromatic rings. The molecule has 0 fully saturated rings. The van der Waals surface area contributed by atoms with E-state index in [0.29, 0.717) is 0 Å². The van der Waals surface area contributed by atoms with Gasteiger partial charge < -0.3 is 5.11 Å². The Bertz CT molecular complexity index is 737. The van der Waals surface area contributed by atoms with Crippen LogP contribution in [0.15, 0.2) is 17.2 Å². The van der Waals surface area contributed by atoms with Crippen LogP contribution in [0.3, 0.4) is 0 Å². The zero-order chi connectivity index (χ0) is 17.8. The van der Waals surface area contributed by atoms with Crippen molar-refractivity contribution < 1.29 is 28.0 Å². The fourth-order valence-electron chi connectivity index (χ4n) is 1.41. The number of nitro groups is 1. The van der Waals surface area contributed by atoms with Crippen molar-refractivity contribution in [2.45, 2.75) is 6.18 Å². The molecular weight excluding hydrogens is 323 g/mol. The van der Waals surface area contributed by atoms with Gasteiger partial charge >= 0.3 is 12.1 Å². The zero-order valence-corrected chi connectivity index (χ0v) is 10.7. The number of carboxylic acids is 1. The van der Waals surface area contributed by atoms with Gasteiger partial charge in [-0.25, -0.2) is 4.79 Å². The number of carboxylic acid groups (broad SMARTS) is 1. The second-order valence-electron chi connectivity index (χ2n) is 3.77. The average molecular weight is 327 g/mol. The number of hydrogen-bond donors (Lipinski definition) is 2. The van der Waals surface area contributed by atoms with Gasteiger partial charge in [0.2, 0.25) is 5.71 Å². The molecule has 0 aliphatic rings. The largest absolute Gasteiger partial charge is 0.478 e. The van der Waals surface area contributed by atoms with Crippen molar-refractivity contribution in [1.82, 2.24) is 0 Å². The van der Waals surface area contributed by atoms with Crippen molar-refractivity contribution >= 4 is 23.1 Å². The van der Waals surface area contributed by atoms with E-state index in [1.54, 1.807) is 5.43 Å². The Morgan fingerprint density at radius 3 is 2.30 bits per heavy atom. The summed E-state index contributed by atoms with van der Waals surface area (Å²) in [5.41, 5.74) is -3.78. The highest BCUT2D eigenvalue weighted by Gasteiger charge is 2.36. The van der Waals surface area contributed by atoms with Gasteiger partial charge in [0.25, 0.3) is 5.69 Å². The van der Waals surface area contributed by atoms with Crippen molar-refractivity contribution in [1.29, 1.82) is 10.5 Å². The number of nitrogens with zero attached hydrogens (tertiary/aromatic N) is 4.